The van der Waals surface area contributed by atoms with Gasteiger partial charge in [0.2, 0.25) is 5.91 Å². The zero-order valence-corrected chi connectivity index (χ0v) is 13.8. The van der Waals surface area contributed by atoms with Gasteiger partial charge < -0.3 is 0 Å². The number of aryl methyl sites for hydroxylation is 1. The minimum atomic E-state index is -0.303. The Bertz CT molecular complexity index is 867. The Morgan fingerprint density at radius 1 is 1.12 bits per heavy atom. The van der Waals surface area contributed by atoms with Crippen molar-refractivity contribution < 1.29 is 9.18 Å². The first kappa shape index (κ1) is 16.1. The van der Waals surface area contributed by atoms with Crippen molar-refractivity contribution >= 4 is 28.5 Å². The third kappa shape index (κ3) is 4.14. The maximum Gasteiger partial charge on any atom is 0.250 e. The number of hydrogen-bond acceptors (Lipinski definition) is 3. The summed E-state index contributed by atoms with van der Waals surface area (Å²) in [6.45, 7) is 2.03. The van der Waals surface area contributed by atoms with Crippen LogP contribution < -0.4 is 5.32 Å². The van der Waals surface area contributed by atoms with Crippen molar-refractivity contribution in [3.05, 3.63) is 76.9 Å². The van der Waals surface area contributed by atoms with Gasteiger partial charge in [0.05, 0.1) is 5.69 Å². The molecule has 3 rings (SSSR count). The molecule has 24 heavy (non-hydrogen) atoms. The van der Waals surface area contributed by atoms with Crippen molar-refractivity contribution in [3.63, 3.8) is 0 Å². The first-order valence-electron chi connectivity index (χ1n) is 7.37. The zero-order valence-electron chi connectivity index (χ0n) is 13.0. The molecule has 1 N–H and O–H groups in total. The molecule has 3 nitrogen and oxygen atoms in total. The van der Waals surface area contributed by atoms with Gasteiger partial charge in [0, 0.05) is 17.0 Å². The topological polar surface area (TPSA) is 42.0 Å². The first-order chi connectivity index (χ1) is 11.6. The lowest BCUT2D eigenvalue weighted by molar-refractivity contribution is -0.111. The van der Waals surface area contributed by atoms with Gasteiger partial charge in [-0.15, -0.1) is 11.3 Å². The molecule has 0 spiro atoms. The maximum atomic E-state index is 12.8. The van der Waals surface area contributed by atoms with E-state index in [4.69, 9.17) is 0 Å². The second-order valence-electron chi connectivity index (χ2n) is 5.28. The maximum absolute atomic E-state index is 12.8. The van der Waals surface area contributed by atoms with Crippen LogP contribution in [0.15, 0.2) is 60.0 Å². The van der Waals surface area contributed by atoms with E-state index in [1.54, 1.807) is 18.2 Å². The Hall–Kier alpha value is -2.79. The standard InChI is InChI=1S/C19H15FN2OS/c1-13-2-7-15(8-3-13)17-12-24-19(21-17)22-18(23)11-6-14-4-9-16(20)10-5-14/h2-12H,1H3,(H,21,22,23)/b11-6+. The fourth-order valence-corrected chi connectivity index (χ4v) is 2.80. The van der Waals surface area contributed by atoms with Crippen LogP contribution in [-0.2, 0) is 4.79 Å². The molecular weight excluding hydrogens is 323 g/mol. The normalized spacial score (nSPS) is 10.9. The van der Waals surface area contributed by atoms with E-state index in [9.17, 15) is 9.18 Å². The minimum absolute atomic E-state index is 0.274. The largest absolute Gasteiger partial charge is 0.298 e. The highest BCUT2D eigenvalue weighted by atomic mass is 32.1. The molecule has 0 saturated heterocycles. The summed E-state index contributed by atoms with van der Waals surface area (Å²) in [4.78, 5) is 16.4. The van der Waals surface area contributed by atoms with Gasteiger partial charge in [-0.2, -0.15) is 0 Å². The van der Waals surface area contributed by atoms with E-state index in [2.05, 4.69) is 10.3 Å². The Morgan fingerprint density at radius 2 is 1.83 bits per heavy atom. The van der Waals surface area contributed by atoms with Crippen LogP contribution in [0.25, 0.3) is 17.3 Å². The number of anilines is 1. The molecule has 120 valence electrons. The number of benzene rings is 2. The van der Waals surface area contributed by atoms with Crippen LogP contribution in [0, 0.1) is 12.7 Å². The van der Waals surface area contributed by atoms with Crippen molar-refractivity contribution in [2.45, 2.75) is 6.92 Å². The molecule has 0 saturated carbocycles. The van der Waals surface area contributed by atoms with Crippen molar-refractivity contribution in [1.82, 2.24) is 4.98 Å². The summed E-state index contributed by atoms with van der Waals surface area (Å²) in [7, 11) is 0. The lowest BCUT2D eigenvalue weighted by Crippen LogP contribution is -2.07. The summed E-state index contributed by atoms with van der Waals surface area (Å²) in [5.41, 5.74) is 3.79. The predicted molar refractivity (Wildman–Crippen MR) is 96.4 cm³/mol. The van der Waals surface area contributed by atoms with Crippen LogP contribution in [0.2, 0.25) is 0 Å². The van der Waals surface area contributed by atoms with Gasteiger partial charge in [-0.3, -0.25) is 10.1 Å². The molecule has 0 fully saturated rings. The van der Waals surface area contributed by atoms with E-state index < -0.39 is 0 Å². The number of thiazole rings is 1. The van der Waals surface area contributed by atoms with Crippen LogP contribution >= 0.6 is 11.3 Å². The van der Waals surface area contributed by atoms with Gasteiger partial charge in [0.15, 0.2) is 5.13 Å². The van der Waals surface area contributed by atoms with Crippen molar-refractivity contribution in [2.24, 2.45) is 0 Å². The minimum Gasteiger partial charge on any atom is -0.298 e. The predicted octanol–water partition coefficient (Wildman–Crippen LogP) is 4.91. The number of halogens is 1. The van der Waals surface area contributed by atoms with Gasteiger partial charge >= 0.3 is 0 Å². The summed E-state index contributed by atoms with van der Waals surface area (Å²) in [5, 5.41) is 5.18. The highest BCUT2D eigenvalue weighted by Crippen LogP contribution is 2.25. The smallest absolute Gasteiger partial charge is 0.250 e. The van der Waals surface area contributed by atoms with Crippen LogP contribution in [0.4, 0.5) is 9.52 Å². The highest BCUT2D eigenvalue weighted by molar-refractivity contribution is 7.14. The van der Waals surface area contributed by atoms with Gasteiger partial charge in [-0.1, -0.05) is 42.0 Å². The lowest BCUT2D eigenvalue weighted by Gasteiger charge is -1.98. The summed E-state index contributed by atoms with van der Waals surface area (Å²) < 4.78 is 12.8. The second-order valence-corrected chi connectivity index (χ2v) is 6.14. The first-order valence-corrected chi connectivity index (χ1v) is 8.25. The van der Waals surface area contributed by atoms with Gasteiger partial charge in [0.25, 0.3) is 0 Å². The summed E-state index contributed by atoms with van der Waals surface area (Å²) in [6.07, 6.45) is 3.03. The monoisotopic (exact) mass is 338 g/mol. The quantitative estimate of drug-likeness (QED) is 0.687. The van der Waals surface area contributed by atoms with Crippen LogP contribution in [0.1, 0.15) is 11.1 Å². The Morgan fingerprint density at radius 3 is 2.54 bits per heavy atom. The van der Waals surface area contributed by atoms with Crippen LogP contribution in [0.5, 0.6) is 0 Å². The Kier molecular flexibility index (Phi) is 4.82. The molecule has 3 aromatic rings. The zero-order chi connectivity index (χ0) is 16.9. The average Bonchev–Trinajstić information content (AvgIpc) is 3.03. The number of nitrogens with zero attached hydrogens (tertiary/aromatic N) is 1. The van der Waals surface area contributed by atoms with Crippen LogP contribution in [0.3, 0.4) is 0 Å². The third-order valence-corrected chi connectivity index (χ3v) is 4.14. The molecule has 0 unspecified atom stereocenters. The molecule has 5 heteroatoms. The summed E-state index contributed by atoms with van der Waals surface area (Å²) in [5.74, 6) is -0.577. The number of nitrogens with one attached hydrogen (secondary N) is 1. The molecule has 0 aliphatic heterocycles. The number of rotatable bonds is 4. The molecule has 0 bridgehead atoms. The third-order valence-electron chi connectivity index (χ3n) is 3.38. The summed E-state index contributed by atoms with van der Waals surface area (Å²) in [6, 6.07) is 14.0. The van der Waals surface area contributed by atoms with Crippen molar-refractivity contribution in [1.29, 1.82) is 0 Å². The average molecular weight is 338 g/mol. The molecule has 0 aliphatic rings. The fourth-order valence-electron chi connectivity index (χ4n) is 2.08. The highest BCUT2D eigenvalue weighted by Gasteiger charge is 2.06. The van der Waals surface area contributed by atoms with Crippen LogP contribution in [-0.4, -0.2) is 10.9 Å². The van der Waals surface area contributed by atoms with E-state index in [0.29, 0.717) is 5.13 Å². The summed E-state index contributed by atoms with van der Waals surface area (Å²) >= 11 is 1.37. The number of amides is 1. The molecule has 1 aromatic heterocycles. The van der Waals surface area contributed by atoms with E-state index in [1.807, 2.05) is 36.6 Å². The molecule has 2 aromatic carbocycles. The fraction of sp³-hybridized carbons (Fsp3) is 0.0526. The molecule has 0 atom stereocenters. The van der Waals surface area contributed by atoms with Crippen molar-refractivity contribution in [3.8, 4) is 11.3 Å². The van der Waals surface area contributed by atoms with Gasteiger partial charge in [-0.25, -0.2) is 9.37 Å². The molecule has 1 heterocycles. The van der Waals surface area contributed by atoms with E-state index in [-0.39, 0.29) is 11.7 Å². The Balaban J connectivity index is 1.64. The van der Waals surface area contributed by atoms with Gasteiger partial charge in [-0.05, 0) is 30.7 Å². The number of hydrogen-bond donors (Lipinski definition) is 1. The molecule has 0 radical (unpaired) electrons. The van der Waals surface area contributed by atoms with E-state index >= 15 is 0 Å². The Labute approximate surface area is 143 Å². The molecule has 1 amide bonds. The van der Waals surface area contributed by atoms with Gasteiger partial charge in [0.1, 0.15) is 5.82 Å². The van der Waals surface area contributed by atoms with E-state index in [1.165, 1.54) is 35.1 Å². The number of aromatic nitrogens is 1. The molecule has 0 aliphatic carbocycles. The second kappa shape index (κ2) is 7.19. The number of carbonyl (C=O) groups is 1. The SMILES string of the molecule is Cc1ccc(-c2csc(NC(=O)/C=C/c3ccc(F)cc3)n2)cc1. The van der Waals surface area contributed by atoms with E-state index in [0.717, 1.165) is 16.8 Å². The van der Waals surface area contributed by atoms with Crippen molar-refractivity contribution in [2.75, 3.05) is 5.32 Å². The lowest BCUT2D eigenvalue weighted by atomic mass is 10.1. The number of carbonyl (C=O) groups excluding carboxylic acids is 1. The molecular formula is C19H15FN2OS.